The largest absolute Gasteiger partial charge is 0.416 e. The van der Waals surface area contributed by atoms with Gasteiger partial charge in [0.25, 0.3) is 5.56 Å². The maximum atomic E-state index is 13.3. The second-order valence-electron chi connectivity index (χ2n) is 6.98. The molecule has 0 aliphatic rings. The van der Waals surface area contributed by atoms with E-state index >= 15 is 0 Å². The number of hydrogen-bond acceptors (Lipinski definition) is 2. The van der Waals surface area contributed by atoms with Crippen molar-refractivity contribution in [3.05, 3.63) is 99.9 Å². The zero-order valence-electron chi connectivity index (χ0n) is 15.8. The van der Waals surface area contributed by atoms with Crippen molar-refractivity contribution < 1.29 is 13.2 Å². The number of rotatable bonds is 2. The van der Waals surface area contributed by atoms with E-state index in [4.69, 9.17) is 11.6 Å². The van der Waals surface area contributed by atoms with Crippen LogP contribution in [0.5, 0.6) is 0 Å². The Hall–Kier alpha value is -3.58. The standard InChI is InChI=1S/C23H13ClF3N3O/c24-16-9-11-17(12-10-16)29-20-13-28-21(14-5-7-15(8-6-14)23(25,26)27)30(20)19-4-2-1-3-18(19)22(29)31/h1-13H. The normalized spacial score (nSPS) is 12.0. The molecule has 3 aromatic carbocycles. The first-order chi connectivity index (χ1) is 14.8. The fourth-order valence-electron chi connectivity index (χ4n) is 3.66. The highest BCUT2D eigenvalue weighted by atomic mass is 35.5. The van der Waals surface area contributed by atoms with Crippen LogP contribution in [0.15, 0.2) is 83.8 Å². The summed E-state index contributed by atoms with van der Waals surface area (Å²) in [4.78, 5) is 17.7. The molecular formula is C23H13ClF3N3O. The van der Waals surface area contributed by atoms with Crippen LogP contribution in [-0.2, 0) is 6.18 Å². The number of alkyl halides is 3. The van der Waals surface area contributed by atoms with Gasteiger partial charge in [0.15, 0.2) is 0 Å². The zero-order valence-corrected chi connectivity index (χ0v) is 16.5. The smallest absolute Gasteiger partial charge is 0.277 e. The topological polar surface area (TPSA) is 39.3 Å². The van der Waals surface area contributed by atoms with Crippen LogP contribution < -0.4 is 5.56 Å². The SMILES string of the molecule is O=c1c2ccccc2n2c(-c3ccc(C(F)(F)F)cc3)ncc2n1-c1ccc(Cl)cc1. The number of para-hydroxylation sites is 1. The first-order valence-corrected chi connectivity index (χ1v) is 9.67. The van der Waals surface area contributed by atoms with Crippen molar-refractivity contribution in [3.63, 3.8) is 0 Å². The number of imidazole rings is 1. The van der Waals surface area contributed by atoms with E-state index < -0.39 is 11.7 Å². The average Bonchev–Trinajstić information content (AvgIpc) is 3.19. The molecule has 0 atom stereocenters. The fourth-order valence-corrected chi connectivity index (χ4v) is 3.79. The van der Waals surface area contributed by atoms with Gasteiger partial charge in [0, 0.05) is 10.6 Å². The first-order valence-electron chi connectivity index (χ1n) is 9.29. The lowest BCUT2D eigenvalue weighted by Gasteiger charge is -2.13. The van der Waals surface area contributed by atoms with Gasteiger partial charge in [-0.15, -0.1) is 0 Å². The van der Waals surface area contributed by atoms with Crippen LogP contribution in [0.1, 0.15) is 5.56 Å². The molecule has 0 saturated carbocycles. The lowest BCUT2D eigenvalue weighted by atomic mass is 10.1. The minimum atomic E-state index is -4.42. The second-order valence-corrected chi connectivity index (χ2v) is 7.42. The Morgan fingerprint density at radius 2 is 1.55 bits per heavy atom. The molecule has 0 radical (unpaired) electrons. The molecule has 31 heavy (non-hydrogen) atoms. The molecule has 2 heterocycles. The maximum absolute atomic E-state index is 13.3. The summed E-state index contributed by atoms with van der Waals surface area (Å²) in [7, 11) is 0. The molecule has 0 aliphatic heterocycles. The van der Waals surface area contributed by atoms with E-state index in [-0.39, 0.29) is 5.56 Å². The first kappa shape index (κ1) is 19.4. The van der Waals surface area contributed by atoms with Crippen LogP contribution in [0.2, 0.25) is 5.02 Å². The van der Waals surface area contributed by atoms with Crippen LogP contribution >= 0.6 is 11.6 Å². The average molecular weight is 440 g/mol. The zero-order chi connectivity index (χ0) is 21.8. The number of benzene rings is 3. The number of hydrogen-bond donors (Lipinski definition) is 0. The minimum Gasteiger partial charge on any atom is -0.277 e. The van der Waals surface area contributed by atoms with Crippen molar-refractivity contribution in [2.75, 3.05) is 0 Å². The molecule has 4 nitrogen and oxygen atoms in total. The van der Waals surface area contributed by atoms with E-state index in [1.165, 1.54) is 22.9 Å². The molecule has 2 aromatic heterocycles. The van der Waals surface area contributed by atoms with Crippen LogP contribution in [0.4, 0.5) is 13.2 Å². The number of nitrogens with zero attached hydrogens (tertiary/aromatic N) is 3. The molecule has 0 amide bonds. The van der Waals surface area contributed by atoms with Gasteiger partial charge < -0.3 is 0 Å². The Labute approximate surface area is 178 Å². The summed E-state index contributed by atoms with van der Waals surface area (Å²) in [6.07, 6.45) is -2.88. The monoisotopic (exact) mass is 439 g/mol. The lowest BCUT2D eigenvalue weighted by Crippen LogP contribution is -2.21. The van der Waals surface area contributed by atoms with E-state index in [9.17, 15) is 18.0 Å². The number of halogens is 4. The highest BCUT2D eigenvalue weighted by Gasteiger charge is 2.30. The Kier molecular flexibility index (Phi) is 4.37. The van der Waals surface area contributed by atoms with Gasteiger partial charge in [-0.3, -0.25) is 13.8 Å². The molecule has 5 aromatic rings. The minimum absolute atomic E-state index is 0.232. The van der Waals surface area contributed by atoms with E-state index in [0.29, 0.717) is 38.6 Å². The molecule has 0 bridgehead atoms. The van der Waals surface area contributed by atoms with Crippen molar-refractivity contribution in [2.24, 2.45) is 0 Å². The number of aromatic nitrogens is 3. The molecule has 0 N–H and O–H groups in total. The third-order valence-corrected chi connectivity index (χ3v) is 5.36. The van der Waals surface area contributed by atoms with Crippen LogP contribution in [-0.4, -0.2) is 14.0 Å². The molecule has 0 aliphatic carbocycles. The summed E-state index contributed by atoms with van der Waals surface area (Å²) < 4.78 is 42.2. The Balaban J connectivity index is 1.83. The van der Waals surface area contributed by atoms with Crippen molar-refractivity contribution in [1.82, 2.24) is 14.0 Å². The van der Waals surface area contributed by atoms with Gasteiger partial charge in [-0.2, -0.15) is 13.2 Å². The van der Waals surface area contributed by atoms with Gasteiger partial charge >= 0.3 is 6.18 Å². The van der Waals surface area contributed by atoms with Crippen LogP contribution in [0.3, 0.4) is 0 Å². The molecule has 0 spiro atoms. The van der Waals surface area contributed by atoms with Crippen molar-refractivity contribution in [1.29, 1.82) is 0 Å². The van der Waals surface area contributed by atoms with Gasteiger partial charge in [-0.25, -0.2) is 4.98 Å². The number of fused-ring (bicyclic) bond motifs is 3. The maximum Gasteiger partial charge on any atom is 0.416 e. The highest BCUT2D eigenvalue weighted by Crippen LogP contribution is 2.31. The molecule has 154 valence electrons. The van der Waals surface area contributed by atoms with Crippen LogP contribution in [0.25, 0.3) is 33.6 Å². The fraction of sp³-hybridized carbons (Fsp3) is 0.0435. The Morgan fingerprint density at radius 3 is 2.23 bits per heavy atom. The summed E-state index contributed by atoms with van der Waals surface area (Å²) in [6.45, 7) is 0. The lowest BCUT2D eigenvalue weighted by molar-refractivity contribution is -0.137. The van der Waals surface area contributed by atoms with Crippen molar-refractivity contribution >= 4 is 28.2 Å². The van der Waals surface area contributed by atoms with E-state index in [0.717, 1.165) is 12.1 Å². The van der Waals surface area contributed by atoms with Gasteiger partial charge in [0.2, 0.25) is 0 Å². The summed E-state index contributed by atoms with van der Waals surface area (Å²) in [5, 5.41) is 0.990. The Morgan fingerprint density at radius 1 is 0.871 bits per heavy atom. The summed E-state index contributed by atoms with van der Waals surface area (Å²) in [5.74, 6) is 0.433. The third kappa shape index (κ3) is 3.18. The molecule has 5 rings (SSSR count). The summed E-state index contributed by atoms with van der Waals surface area (Å²) in [6, 6.07) is 18.7. The molecule has 0 saturated heterocycles. The molecule has 0 unspecified atom stereocenters. The van der Waals surface area contributed by atoms with Crippen molar-refractivity contribution in [3.8, 4) is 17.1 Å². The van der Waals surface area contributed by atoms with E-state index in [1.807, 2.05) is 0 Å². The quantitative estimate of drug-likeness (QED) is 0.339. The van der Waals surface area contributed by atoms with Gasteiger partial charge in [0.1, 0.15) is 11.5 Å². The highest BCUT2D eigenvalue weighted by molar-refractivity contribution is 6.30. The van der Waals surface area contributed by atoms with Gasteiger partial charge in [0.05, 0.1) is 28.4 Å². The summed E-state index contributed by atoms with van der Waals surface area (Å²) in [5.41, 5.74) is 1.23. The van der Waals surface area contributed by atoms with Crippen LogP contribution in [0, 0.1) is 0 Å². The second kappa shape index (κ2) is 6.99. The predicted octanol–water partition coefficient (Wildman–Crippen LogP) is 5.98. The van der Waals surface area contributed by atoms with E-state index in [2.05, 4.69) is 4.98 Å². The van der Waals surface area contributed by atoms with E-state index in [1.54, 1.807) is 52.9 Å². The Bertz CT molecular complexity index is 1480. The predicted molar refractivity (Wildman–Crippen MR) is 114 cm³/mol. The van der Waals surface area contributed by atoms with Crippen molar-refractivity contribution in [2.45, 2.75) is 6.18 Å². The van der Waals surface area contributed by atoms with Gasteiger partial charge in [-0.1, -0.05) is 35.9 Å². The molecular weight excluding hydrogens is 427 g/mol. The third-order valence-electron chi connectivity index (χ3n) is 5.11. The summed E-state index contributed by atoms with van der Waals surface area (Å²) >= 11 is 6.00. The molecule has 8 heteroatoms. The van der Waals surface area contributed by atoms with Gasteiger partial charge in [-0.05, 0) is 48.5 Å². The molecule has 0 fully saturated rings.